The molecular weight excluding hydrogens is 384 g/mol. The van der Waals surface area contributed by atoms with Gasteiger partial charge in [-0.05, 0) is 44.5 Å². The molecular formula is C18H25ClN6O3. The van der Waals surface area contributed by atoms with Gasteiger partial charge in [0, 0.05) is 18.1 Å². The summed E-state index contributed by atoms with van der Waals surface area (Å²) in [6.07, 6.45) is 0. The maximum atomic E-state index is 11.9. The lowest BCUT2D eigenvalue weighted by Gasteiger charge is -2.11. The van der Waals surface area contributed by atoms with E-state index in [1.54, 1.807) is 18.2 Å². The molecule has 1 heterocycles. The molecule has 152 valence electrons. The van der Waals surface area contributed by atoms with Gasteiger partial charge in [0.15, 0.2) is 6.61 Å². The molecule has 0 radical (unpaired) electrons. The van der Waals surface area contributed by atoms with E-state index in [0.29, 0.717) is 42.3 Å². The Kier molecular flexibility index (Phi) is 8.54. The summed E-state index contributed by atoms with van der Waals surface area (Å²) in [5.74, 6) is 1.22. The van der Waals surface area contributed by atoms with E-state index in [9.17, 15) is 4.79 Å². The number of aromatic nitrogens is 3. The molecule has 2 rings (SSSR count). The van der Waals surface area contributed by atoms with Crippen LogP contribution in [0.5, 0.6) is 11.8 Å². The van der Waals surface area contributed by atoms with Gasteiger partial charge >= 0.3 is 6.01 Å². The molecule has 0 spiro atoms. The van der Waals surface area contributed by atoms with E-state index in [0.717, 1.165) is 5.56 Å². The highest BCUT2D eigenvalue weighted by atomic mass is 35.5. The zero-order chi connectivity index (χ0) is 20.4. The van der Waals surface area contributed by atoms with Crippen LogP contribution in [0.15, 0.2) is 18.2 Å². The van der Waals surface area contributed by atoms with E-state index in [-0.39, 0.29) is 25.1 Å². The van der Waals surface area contributed by atoms with Gasteiger partial charge in [-0.2, -0.15) is 15.0 Å². The molecule has 1 amide bonds. The number of aryl methyl sites for hydroxylation is 1. The van der Waals surface area contributed by atoms with E-state index in [1.165, 1.54) is 0 Å². The number of hydrogen-bond acceptors (Lipinski definition) is 8. The van der Waals surface area contributed by atoms with E-state index < -0.39 is 0 Å². The largest absolute Gasteiger partial charge is 0.484 e. The number of ether oxygens (including phenoxy) is 2. The van der Waals surface area contributed by atoms with Crippen LogP contribution in [0.25, 0.3) is 0 Å². The van der Waals surface area contributed by atoms with Crippen LogP contribution < -0.4 is 25.4 Å². The van der Waals surface area contributed by atoms with Crippen LogP contribution in [-0.4, -0.2) is 53.7 Å². The van der Waals surface area contributed by atoms with E-state index >= 15 is 0 Å². The van der Waals surface area contributed by atoms with Gasteiger partial charge in [-0.1, -0.05) is 11.6 Å². The number of benzene rings is 1. The molecule has 10 heteroatoms. The number of amides is 1. The van der Waals surface area contributed by atoms with Crippen molar-refractivity contribution in [3.05, 3.63) is 28.8 Å². The van der Waals surface area contributed by atoms with Crippen molar-refractivity contribution < 1.29 is 14.3 Å². The summed E-state index contributed by atoms with van der Waals surface area (Å²) in [4.78, 5) is 24.5. The molecule has 0 aliphatic carbocycles. The Morgan fingerprint density at radius 2 is 1.75 bits per heavy atom. The maximum Gasteiger partial charge on any atom is 0.323 e. The molecule has 1 aromatic carbocycles. The summed E-state index contributed by atoms with van der Waals surface area (Å²) in [6.45, 7) is 7.53. The summed E-state index contributed by atoms with van der Waals surface area (Å²) < 4.78 is 11.0. The molecule has 0 saturated heterocycles. The standard InChI is InChI=1S/C18H25ClN6O3/c1-4-20-16-23-17(21-5-2)25-18(24-16)27-9-8-22-15(26)11-28-14-7-6-13(19)10-12(14)3/h6-7,10H,4-5,8-9,11H2,1-3H3,(H,22,26)(H2,20,21,23,24,25). The van der Waals surface area contributed by atoms with Gasteiger partial charge < -0.3 is 25.4 Å². The Balaban J connectivity index is 1.76. The second-order valence-corrected chi connectivity index (χ2v) is 6.16. The highest BCUT2D eigenvalue weighted by Gasteiger charge is 2.08. The van der Waals surface area contributed by atoms with Crippen molar-refractivity contribution in [3.63, 3.8) is 0 Å². The van der Waals surface area contributed by atoms with Gasteiger partial charge in [-0.25, -0.2) is 0 Å². The minimum atomic E-state index is -0.254. The number of nitrogens with one attached hydrogen (secondary N) is 3. The number of anilines is 2. The predicted molar refractivity (Wildman–Crippen MR) is 108 cm³/mol. The van der Waals surface area contributed by atoms with E-state index in [4.69, 9.17) is 21.1 Å². The van der Waals surface area contributed by atoms with E-state index in [1.807, 2.05) is 20.8 Å². The van der Waals surface area contributed by atoms with Gasteiger partial charge in [0.1, 0.15) is 12.4 Å². The van der Waals surface area contributed by atoms with Gasteiger partial charge in [-0.15, -0.1) is 0 Å². The molecule has 0 atom stereocenters. The van der Waals surface area contributed by atoms with Crippen LogP contribution in [0.2, 0.25) is 5.02 Å². The van der Waals surface area contributed by atoms with Crippen molar-refractivity contribution in [2.75, 3.05) is 43.5 Å². The van der Waals surface area contributed by atoms with Crippen LogP contribution in [0.3, 0.4) is 0 Å². The molecule has 0 fully saturated rings. The van der Waals surface area contributed by atoms with Gasteiger partial charge in [0.05, 0.1) is 6.54 Å². The molecule has 0 aliphatic rings. The van der Waals surface area contributed by atoms with Crippen molar-refractivity contribution >= 4 is 29.4 Å². The molecule has 0 saturated carbocycles. The SMILES string of the molecule is CCNc1nc(NCC)nc(OCCNC(=O)COc2ccc(Cl)cc2C)n1. The Labute approximate surface area is 169 Å². The zero-order valence-electron chi connectivity index (χ0n) is 16.2. The fourth-order valence-corrected chi connectivity index (χ4v) is 2.42. The highest BCUT2D eigenvalue weighted by Crippen LogP contribution is 2.21. The monoisotopic (exact) mass is 408 g/mol. The number of carbonyl (C=O) groups excluding carboxylic acids is 1. The fraction of sp³-hybridized carbons (Fsp3) is 0.444. The Bertz CT molecular complexity index is 766. The van der Waals surface area contributed by atoms with Crippen LogP contribution in [0, 0.1) is 6.92 Å². The first-order valence-electron chi connectivity index (χ1n) is 9.04. The van der Waals surface area contributed by atoms with Crippen LogP contribution in [0.4, 0.5) is 11.9 Å². The molecule has 0 bridgehead atoms. The van der Waals surface area contributed by atoms with Gasteiger partial charge in [-0.3, -0.25) is 4.79 Å². The fourth-order valence-electron chi connectivity index (χ4n) is 2.20. The van der Waals surface area contributed by atoms with Crippen LogP contribution in [-0.2, 0) is 4.79 Å². The minimum absolute atomic E-state index is 0.0939. The first-order chi connectivity index (χ1) is 13.5. The van der Waals surface area contributed by atoms with Crippen LogP contribution >= 0.6 is 11.6 Å². The molecule has 28 heavy (non-hydrogen) atoms. The third kappa shape index (κ3) is 7.07. The van der Waals surface area contributed by atoms with Crippen molar-refractivity contribution in [1.82, 2.24) is 20.3 Å². The third-order valence-electron chi connectivity index (χ3n) is 3.44. The quantitative estimate of drug-likeness (QED) is 0.486. The smallest absolute Gasteiger partial charge is 0.323 e. The lowest BCUT2D eigenvalue weighted by atomic mass is 10.2. The van der Waals surface area contributed by atoms with Crippen molar-refractivity contribution in [3.8, 4) is 11.8 Å². The van der Waals surface area contributed by atoms with Crippen molar-refractivity contribution in [2.45, 2.75) is 20.8 Å². The molecule has 3 N–H and O–H groups in total. The lowest BCUT2D eigenvalue weighted by molar-refractivity contribution is -0.123. The van der Waals surface area contributed by atoms with Crippen LogP contribution in [0.1, 0.15) is 19.4 Å². The first kappa shape index (κ1) is 21.5. The summed E-state index contributed by atoms with van der Waals surface area (Å²) >= 11 is 5.90. The minimum Gasteiger partial charge on any atom is -0.484 e. The molecule has 0 aliphatic heterocycles. The molecule has 0 unspecified atom stereocenters. The lowest BCUT2D eigenvalue weighted by Crippen LogP contribution is -2.32. The average Bonchev–Trinajstić information content (AvgIpc) is 2.65. The number of rotatable bonds is 11. The van der Waals surface area contributed by atoms with Crippen molar-refractivity contribution in [2.24, 2.45) is 0 Å². The van der Waals surface area contributed by atoms with Gasteiger partial charge in [0.25, 0.3) is 5.91 Å². The predicted octanol–water partition coefficient (Wildman–Crippen LogP) is 2.27. The number of nitrogens with zero attached hydrogens (tertiary/aromatic N) is 3. The molecule has 2 aromatic rings. The first-order valence-corrected chi connectivity index (χ1v) is 9.41. The van der Waals surface area contributed by atoms with E-state index in [2.05, 4.69) is 30.9 Å². The zero-order valence-corrected chi connectivity index (χ0v) is 17.0. The summed E-state index contributed by atoms with van der Waals surface area (Å²) in [5, 5.41) is 9.38. The normalized spacial score (nSPS) is 10.3. The topological polar surface area (TPSA) is 110 Å². The van der Waals surface area contributed by atoms with Gasteiger partial charge in [0.2, 0.25) is 11.9 Å². The second-order valence-electron chi connectivity index (χ2n) is 5.72. The second kappa shape index (κ2) is 11.1. The maximum absolute atomic E-state index is 11.9. The summed E-state index contributed by atoms with van der Waals surface area (Å²) in [6, 6.07) is 5.41. The highest BCUT2D eigenvalue weighted by molar-refractivity contribution is 6.30. The molecule has 1 aromatic heterocycles. The number of halogens is 1. The number of hydrogen-bond donors (Lipinski definition) is 3. The summed E-state index contributed by atoms with van der Waals surface area (Å²) in [7, 11) is 0. The Morgan fingerprint density at radius 3 is 2.36 bits per heavy atom. The number of carbonyl (C=O) groups is 1. The summed E-state index contributed by atoms with van der Waals surface area (Å²) in [5.41, 5.74) is 0.867. The van der Waals surface area contributed by atoms with Crippen molar-refractivity contribution in [1.29, 1.82) is 0 Å². The third-order valence-corrected chi connectivity index (χ3v) is 3.67. The Hall–Kier alpha value is -2.81. The average molecular weight is 409 g/mol. The molecule has 9 nitrogen and oxygen atoms in total. The Morgan fingerprint density at radius 1 is 1.07 bits per heavy atom.